The first-order chi connectivity index (χ1) is 9.27. The van der Waals surface area contributed by atoms with Crippen LogP contribution in [-0.4, -0.2) is 22.7 Å². The van der Waals surface area contributed by atoms with Gasteiger partial charge in [0, 0.05) is 11.2 Å². The molecule has 0 amide bonds. The number of aliphatic carboxylic acids is 1. The zero-order valence-electron chi connectivity index (χ0n) is 13.1. The highest BCUT2D eigenvalue weighted by atomic mass is 16.4. The molecular weight excluding hydrogens is 250 g/mol. The van der Waals surface area contributed by atoms with E-state index in [0.29, 0.717) is 12.3 Å². The van der Waals surface area contributed by atoms with Crippen LogP contribution in [0.25, 0.3) is 0 Å². The minimum atomic E-state index is -0.734. The first kappa shape index (κ1) is 14.9. The third-order valence-corrected chi connectivity index (χ3v) is 4.42. The molecule has 0 aromatic heterocycles. The van der Waals surface area contributed by atoms with Crippen molar-refractivity contribution in [2.24, 2.45) is 0 Å². The summed E-state index contributed by atoms with van der Waals surface area (Å²) in [4.78, 5) is 13.8. The Balaban J connectivity index is 2.61. The minimum Gasteiger partial charge on any atom is -0.480 e. The number of rotatable bonds is 3. The SMILES string of the molecule is CC[C@@H](C(=O)O)N1c2cc(C)ccc2[C@H](C)CC1(C)C. The van der Waals surface area contributed by atoms with E-state index in [1.807, 2.05) is 6.92 Å². The molecule has 1 aliphatic heterocycles. The Bertz CT molecular complexity index is 522. The van der Waals surface area contributed by atoms with Crippen molar-refractivity contribution in [3.8, 4) is 0 Å². The number of benzene rings is 1. The molecule has 0 radical (unpaired) electrons. The summed E-state index contributed by atoms with van der Waals surface area (Å²) in [6.45, 7) is 10.5. The minimum absolute atomic E-state index is 0.140. The quantitative estimate of drug-likeness (QED) is 0.908. The number of fused-ring (bicyclic) bond motifs is 1. The van der Waals surface area contributed by atoms with Crippen LogP contribution in [0.5, 0.6) is 0 Å². The van der Waals surface area contributed by atoms with Gasteiger partial charge in [0.15, 0.2) is 0 Å². The Kier molecular flexibility index (Phi) is 3.81. The Hall–Kier alpha value is -1.51. The number of anilines is 1. The van der Waals surface area contributed by atoms with Crippen molar-refractivity contribution in [2.75, 3.05) is 4.90 Å². The zero-order valence-corrected chi connectivity index (χ0v) is 13.1. The predicted molar refractivity (Wildman–Crippen MR) is 82.5 cm³/mol. The van der Waals surface area contributed by atoms with Crippen LogP contribution in [0.15, 0.2) is 18.2 Å². The van der Waals surface area contributed by atoms with Crippen LogP contribution in [0.2, 0.25) is 0 Å². The van der Waals surface area contributed by atoms with E-state index in [9.17, 15) is 9.90 Å². The molecule has 0 bridgehead atoms. The van der Waals surface area contributed by atoms with E-state index >= 15 is 0 Å². The average Bonchev–Trinajstić information content (AvgIpc) is 2.32. The van der Waals surface area contributed by atoms with Crippen LogP contribution in [0, 0.1) is 6.92 Å². The van der Waals surface area contributed by atoms with E-state index in [0.717, 1.165) is 12.1 Å². The molecule has 0 saturated carbocycles. The third-order valence-electron chi connectivity index (χ3n) is 4.42. The lowest BCUT2D eigenvalue weighted by molar-refractivity contribution is -0.139. The highest BCUT2D eigenvalue weighted by molar-refractivity contribution is 5.80. The van der Waals surface area contributed by atoms with Gasteiger partial charge in [0.25, 0.3) is 0 Å². The van der Waals surface area contributed by atoms with Crippen LogP contribution in [-0.2, 0) is 4.79 Å². The van der Waals surface area contributed by atoms with E-state index < -0.39 is 12.0 Å². The van der Waals surface area contributed by atoms with Gasteiger partial charge >= 0.3 is 5.97 Å². The van der Waals surface area contributed by atoms with E-state index in [4.69, 9.17) is 0 Å². The fraction of sp³-hybridized carbons (Fsp3) is 0.588. The first-order valence-corrected chi connectivity index (χ1v) is 7.40. The molecule has 2 rings (SSSR count). The van der Waals surface area contributed by atoms with Gasteiger partial charge in [0.2, 0.25) is 0 Å². The van der Waals surface area contributed by atoms with Crippen LogP contribution in [0.1, 0.15) is 57.6 Å². The summed E-state index contributed by atoms with van der Waals surface area (Å²) < 4.78 is 0. The smallest absolute Gasteiger partial charge is 0.326 e. The molecule has 0 saturated heterocycles. The number of carbonyl (C=O) groups is 1. The molecular formula is C17H25NO2. The van der Waals surface area contributed by atoms with E-state index in [1.165, 1.54) is 11.1 Å². The predicted octanol–water partition coefficient (Wildman–Crippen LogP) is 3.95. The zero-order chi connectivity index (χ0) is 15.1. The van der Waals surface area contributed by atoms with Crippen molar-refractivity contribution in [1.29, 1.82) is 0 Å². The van der Waals surface area contributed by atoms with E-state index in [2.05, 4.69) is 50.8 Å². The lowest BCUT2D eigenvalue weighted by atomic mass is 9.78. The van der Waals surface area contributed by atoms with Crippen LogP contribution >= 0.6 is 0 Å². The van der Waals surface area contributed by atoms with Crippen molar-refractivity contribution < 1.29 is 9.90 Å². The highest BCUT2D eigenvalue weighted by Crippen LogP contribution is 2.45. The summed E-state index contributed by atoms with van der Waals surface area (Å²) >= 11 is 0. The van der Waals surface area contributed by atoms with Gasteiger partial charge in [-0.05, 0) is 56.7 Å². The summed E-state index contributed by atoms with van der Waals surface area (Å²) in [5.41, 5.74) is 3.41. The summed E-state index contributed by atoms with van der Waals surface area (Å²) in [6.07, 6.45) is 1.59. The molecule has 1 aliphatic rings. The van der Waals surface area contributed by atoms with Crippen molar-refractivity contribution in [1.82, 2.24) is 0 Å². The van der Waals surface area contributed by atoms with Gasteiger partial charge in [0.05, 0.1) is 0 Å². The van der Waals surface area contributed by atoms with Crippen molar-refractivity contribution in [3.05, 3.63) is 29.3 Å². The number of carboxylic acids is 1. The van der Waals surface area contributed by atoms with Crippen LogP contribution in [0.3, 0.4) is 0 Å². The van der Waals surface area contributed by atoms with Crippen molar-refractivity contribution in [3.63, 3.8) is 0 Å². The van der Waals surface area contributed by atoms with Gasteiger partial charge in [-0.15, -0.1) is 0 Å². The molecule has 3 heteroatoms. The maximum absolute atomic E-state index is 11.7. The summed E-state index contributed by atoms with van der Waals surface area (Å²) in [5, 5.41) is 9.58. The monoisotopic (exact) mass is 275 g/mol. The lowest BCUT2D eigenvalue weighted by Crippen LogP contribution is -2.56. The van der Waals surface area contributed by atoms with Crippen LogP contribution in [0.4, 0.5) is 5.69 Å². The molecule has 0 spiro atoms. The number of carboxylic acid groups (broad SMARTS) is 1. The van der Waals surface area contributed by atoms with Crippen molar-refractivity contribution in [2.45, 2.75) is 65.0 Å². The largest absolute Gasteiger partial charge is 0.480 e. The van der Waals surface area contributed by atoms with Crippen molar-refractivity contribution >= 4 is 11.7 Å². The Morgan fingerprint density at radius 2 is 2.15 bits per heavy atom. The van der Waals surface area contributed by atoms with Gasteiger partial charge in [0.1, 0.15) is 6.04 Å². The van der Waals surface area contributed by atoms with Gasteiger partial charge in [-0.1, -0.05) is 26.0 Å². The second-order valence-electron chi connectivity index (χ2n) is 6.61. The molecule has 1 N–H and O–H groups in total. The molecule has 0 fully saturated rings. The standard InChI is InChI=1S/C17H25NO2/c1-6-14(16(19)20)18-15-9-11(2)7-8-13(15)12(3)10-17(18,4)5/h7-9,12,14H,6,10H2,1-5H3,(H,19,20)/t12-,14+/m1/s1. The molecule has 2 atom stereocenters. The second-order valence-corrected chi connectivity index (χ2v) is 6.61. The third kappa shape index (κ3) is 2.41. The maximum Gasteiger partial charge on any atom is 0.326 e. The maximum atomic E-state index is 11.7. The van der Waals surface area contributed by atoms with Gasteiger partial charge in [-0.3, -0.25) is 0 Å². The normalized spacial score (nSPS) is 22.2. The second kappa shape index (κ2) is 5.12. The number of hydrogen-bond acceptors (Lipinski definition) is 2. The topological polar surface area (TPSA) is 40.5 Å². The Morgan fingerprint density at radius 3 is 2.70 bits per heavy atom. The molecule has 1 heterocycles. The Morgan fingerprint density at radius 1 is 1.50 bits per heavy atom. The number of hydrogen-bond donors (Lipinski definition) is 1. The molecule has 0 unspecified atom stereocenters. The van der Waals surface area contributed by atoms with E-state index in [1.54, 1.807) is 0 Å². The number of nitrogens with zero attached hydrogens (tertiary/aromatic N) is 1. The van der Waals surface area contributed by atoms with Crippen LogP contribution < -0.4 is 4.90 Å². The molecule has 1 aromatic rings. The highest BCUT2D eigenvalue weighted by Gasteiger charge is 2.41. The fourth-order valence-corrected chi connectivity index (χ4v) is 3.62. The first-order valence-electron chi connectivity index (χ1n) is 7.40. The summed E-state index contributed by atoms with van der Waals surface area (Å²) in [7, 11) is 0. The average molecular weight is 275 g/mol. The Labute approximate surface area is 121 Å². The van der Waals surface area contributed by atoms with Gasteiger partial charge in [-0.25, -0.2) is 4.79 Å². The molecule has 1 aromatic carbocycles. The molecule has 110 valence electrons. The summed E-state index contributed by atoms with van der Waals surface area (Å²) in [5.74, 6) is -0.272. The molecule has 20 heavy (non-hydrogen) atoms. The van der Waals surface area contributed by atoms with Gasteiger partial charge in [-0.2, -0.15) is 0 Å². The van der Waals surface area contributed by atoms with E-state index in [-0.39, 0.29) is 5.54 Å². The lowest BCUT2D eigenvalue weighted by Gasteiger charge is -2.50. The number of aryl methyl sites for hydroxylation is 1. The van der Waals surface area contributed by atoms with Gasteiger partial charge < -0.3 is 10.0 Å². The fourth-order valence-electron chi connectivity index (χ4n) is 3.62. The molecule has 0 aliphatic carbocycles. The summed E-state index contributed by atoms with van der Waals surface area (Å²) in [6, 6.07) is 5.95. The molecule has 3 nitrogen and oxygen atoms in total.